The predicted octanol–water partition coefficient (Wildman–Crippen LogP) is 3.68. The van der Waals surface area contributed by atoms with E-state index in [0.717, 1.165) is 0 Å². The van der Waals surface area contributed by atoms with Crippen LogP contribution in [0.4, 0.5) is 5.69 Å². The van der Waals surface area contributed by atoms with Gasteiger partial charge < -0.3 is 10.4 Å². The molecule has 0 fully saturated rings. The highest BCUT2D eigenvalue weighted by molar-refractivity contribution is 6.37. The first-order valence-electron chi connectivity index (χ1n) is 4.88. The highest BCUT2D eigenvalue weighted by Gasteiger charge is 2.09. The van der Waals surface area contributed by atoms with E-state index in [1.54, 1.807) is 0 Å². The Morgan fingerprint density at radius 2 is 1.88 bits per heavy atom. The maximum absolute atomic E-state index is 11.5. The second kappa shape index (κ2) is 5.41. The zero-order valence-electron chi connectivity index (χ0n) is 9.05. The van der Waals surface area contributed by atoms with E-state index in [2.05, 4.69) is 5.32 Å². The Labute approximate surface area is 104 Å². The summed E-state index contributed by atoms with van der Waals surface area (Å²) in [7, 11) is 0. The quantitative estimate of drug-likeness (QED) is 0.816. The number of anilines is 1. The van der Waals surface area contributed by atoms with Gasteiger partial charge in [-0.3, -0.25) is 4.79 Å². The Bertz CT molecular complexity index is 382. The molecule has 1 aromatic carbocycles. The minimum absolute atomic E-state index is 0.104. The monoisotopic (exact) mass is 261 g/mol. The second-order valence-electron chi connectivity index (χ2n) is 3.93. The first-order chi connectivity index (χ1) is 7.40. The van der Waals surface area contributed by atoms with Crippen LogP contribution in [-0.4, -0.2) is 11.0 Å². The summed E-state index contributed by atoms with van der Waals surface area (Å²) in [5, 5.41) is 12.2. The van der Waals surface area contributed by atoms with Gasteiger partial charge in [-0.05, 0) is 18.1 Å². The number of phenolic OH excluding ortho intramolecular Hbond substituents is 1. The van der Waals surface area contributed by atoms with Gasteiger partial charge in [-0.1, -0.05) is 37.0 Å². The molecule has 1 rings (SSSR count). The molecule has 5 heteroatoms. The molecule has 0 saturated heterocycles. The van der Waals surface area contributed by atoms with Crippen LogP contribution in [0.2, 0.25) is 10.0 Å². The molecule has 0 unspecified atom stereocenters. The van der Waals surface area contributed by atoms with Crippen molar-refractivity contribution in [3.05, 3.63) is 22.2 Å². The van der Waals surface area contributed by atoms with E-state index >= 15 is 0 Å². The Hall–Kier alpha value is -0.930. The summed E-state index contributed by atoms with van der Waals surface area (Å²) in [4.78, 5) is 11.5. The van der Waals surface area contributed by atoms with Gasteiger partial charge in [0.05, 0.1) is 10.0 Å². The van der Waals surface area contributed by atoms with E-state index in [1.165, 1.54) is 12.1 Å². The van der Waals surface area contributed by atoms with Gasteiger partial charge in [0.2, 0.25) is 5.91 Å². The van der Waals surface area contributed by atoms with Crippen molar-refractivity contribution in [1.82, 2.24) is 0 Å². The minimum atomic E-state index is -0.176. The number of carbonyl (C=O) groups is 1. The SMILES string of the molecule is CC(C)CC(=O)Nc1cc(Cl)c(O)c(Cl)c1. The van der Waals surface area contributed by atoms with E-state index in [-0.39, 0.29) is 27.6 Å². The maximum Gasteiger partial charge on any atom is 0.224 e. The Balaban J connectivity index is 2.79. The number of carbonyl (C=O) groups excluding carboxylic acids is 1. The van der Waals surface area contributed by atoms with E-state index < -0.39 is 0 Å². The third-order valence-electron chi connectivity index (χ3n) is 1.89. The van der Waals surface area contributed by atoms with Crippen LogP contribution in [-0.2, 0) is 4.79 Å². The molecule has 2 N–H and O–H groups in total. The van der Waals surface area contributed by atoms with E-state index in [4.69, 9.17) is 23.2 Å². The Morgan fingerprint density at radius 3 is 2.31 bits per heavy atom. The summed E-state index contributed by atoms with van der Waals surface area (Å²) in [6, 6.07) is 2.92. The van der Waals surface area contributed by atoms with Gasteiger partial charge in [0.15, 0.2) is 5.75 Å². The lowest BCUT2D eigenvalue weighted by atomic mass is 10.1. The lowest BCUT2D eigenvalue weighted by Gasteiger charge is -2.09. The largest absolute Gasteiger partial charge is 0.505 e. The van der Waals surface area contributed by atoms with Crippen molar-refractivity contribution in [3.8, 4) is 5.75 Å². The minimum Gasteiger partial charge on any atom is -0.505 e. The van der Waals surface area contributed by atoms with Crippen LogP contribution >= 0.6 is 23.2 Å². The molecule has 88 valence electrons. The third-order valence-corrected chi connectivity index (χ3v) is 2.47. The molecule has 0 heterocycles. The van der Waals surface area contributed by atoms with Gasteiger partial charge in [0, 0.05) is 12.1 Å². The topological polar surface area (TPSA) is 49.3 Å². The zero-order chi connectivity index (χ0) is 12.3. The number of benzene rings is 1. The first kappa shape index (κ1) is 13.1. The fourth-order valence-corrected chi connectivity index (χ4v) is 1.71. The number of nitrogens with one attached hydrogen (secondary N) is 1. The summed E-state index contributed by atoms with van der Waals surface area (Å²) in [5.74, 6) is 0.000994. The molecule has 1 amide bonds. The summed E-state index contributed by atoms with van der Waals surface area (Å²) in [6.07, 6.45) is 0.427. The van der Waals surface area contributed by atoms with Crippen LogP contribution < -0.4 is 5.32 Å². The summed E-state index contributed by atoms with van der Waals surface area (Å²) < 4.78 is 0. The van der Waals surface area contributed by atoms with Crippen molar-refractivity contribution >= 4 is 34.8 Å². The van der Waals surface area contributed by atoms with Gasteiger partial charge in [0.1, 0.15) is 0 Å². The van der Waals surface area contributed by atoms with Crippen LogP contribution in [0.5, 0.6) is 5.75 Å². The molecule has 0 aromatic heterocycles. The number of hydrogen-bond acceptors (Lipinski definition) is 2. The smallest absolute Gasteiger partial charge is 0.224 e. The molecule has 0 bridgehead atoms. The second-order valence-corrected chi connectivity index (χ2v) is 4.75. The van der Waals surface area contributed by atoms with Crippen LogP contribution in [0.15, 0.2) is 12.1 Å². The zero-order valence-corrected chi connectivity index (χ0v) is 10.6. The molecular weight excluding hydrogens is 249 g/mol. The fraction of sp³-hybridized carbons (Fsp3) is 0.364. The molecule has 16 heavy (non-hydrogen) atoms. The van der Waals surface area contributed by atoms with Crippen LogP contribution in [0.25, 0.3) is 0 Å². The van der Waals surface area contributed by atoms with Crippen molar-refractivity contribution in [2.45, 2.75) is 20.3 Å². The Kier molecular flexibility index (Phi) is 4.44. The van der Waals surface area contributed by atoms with Crippen molar-refractivity contribution in [2.24, 2.45) is 5.92 Å². The van der Waals surface area contributed by atoms with Crippen LogP contribution in [0.1, 0.15) is 20.3 Å². The number of aromatic hydroxyl groups is 1. The van der Waals surface area contributed by atoms with Crippen molar-refractivity contribution in [1.29, 1.82) is 0 Å². The molecule has 0 aliphatic heterocycles. The fourth-order valence-electron chi connectivity index (χ4n) is 1.22. The molecule has 3 nitrogen and oxygen atoms in total. The first-order valence-corrected chi connectivity index (χ1v) is 5.63. The molecule has 0 aliphatic rings. The average Bonchev–Trinajstić information content (AvgIpc) is 2.12. The molecule has 0 radical (unpaired) electrons. The van der Waals surface area contributed by atoms with E-state index in [0.29, 0.717) is 12.1 Å². The van der Waals surface area contributed by atoms with Gasteiger partial charge in [-0.25, -0.2) is 0 Å². The number of hydrogen-bond donors (Lipinski definition) is 2. The average molecular weight is 262 g/mol. The van der Waals surface area contributed by atoms with Crippen molar-refractivity contribution in [2.75, 3.05) is 5.32 Å². The highest BCUT2D eigenvalue weighted by Crippen LogP contribution is 2.34. The van der Waals surface area contributed by atoms with E-state index in [1.807, 2.05) is 13.8 Å². The maximum atomic E-state index is 11.5. The number of rotatable bonds is 3. The lowest BCUT2D eigenvalue weighted by Crippen LogP contribution is -2.13. The van der Waals surface area contributed by atoms with Crippen LogP contribution in [0.3, 0.4) is 0 Å². The summed E-state index contributed by atoms with van der Waals surface area (Å²) in [5.41, 5.74) is 0.485. The van der Waals surface area contributed by atoms with E-state index in [9.17, 15) is 9.90 Å². The van der Waals surface area contributed by atoms with Crippen LogP contribution in [0, 0.1) is 5.92 Å². The number of amides is 1. The standard InChI is InChI=1S/C11H13Cl2NO2/c1-6(2)3-10(15)14-7-4-8(12)11(16)9(13)5-7/h4-6,16H,3H2,1-2H3,(H,14,15). The van der Waals surface area contributed by atoms with Crippen molar-refractivity contribution < 1.29 is 9.90 Å². The number of halogens is 2. The van der Waals surface area contributed by atoms with Gasteiger partial charge in [-0.2, -0.15) is 0 Å². The van der Waals surface area contributed by atoms with Gasteiger partial charge in [0.25, 0.3) is 0 Å². The summed E-state index contributed by atoms with van der Waals surface area (Å²) >= 11 is 11.4. The van der Waals surface area contributed by atoms with Gasteiger partial charge in [-0.15, -0.1) is 0 Å². The summed E-state index contributed by atoms with van der Waals surface area (Å²) in [6.45, 7) is 3.91. The normalized spacial score (nSPS) is 10.6. The predicted molar refractivity (Wildman–Crippen MR) is 66.2 cm³/mol. The lowest BCUT2D eigenvalue weighted by molar-refractivity contribution is -0.116. The van der Waals surface area contributed by atoms with Gasteiger partial charge >= 0.3 is 0 Å². The number of phenols is 1. The van der Waals surface area contributed by atoms with Crippen molar-refractivity contribution in [3.63, 3.8) is 0 Å². The molecular formula is C11H13Cl2NO2. The highest BCUT2D eigenvalue weighted by atomic mass is 35.5. The molecule has 1 aromatic rings. The molecule has 0 atom stereocenters. The third kappa shape index (κ3) is 3.58. The Morgan fingerprint density at radius 1 is 1.38 bits per heavy atom. The molecule has 0 spiro atoms. The molecule has 0 saturated carbocycles. The molecule has 0 aliphatic carbocycles.